The molecule has 3 aromatic carbocycles. The molecule has 37 heavy (non-hydrogen) atoms. The quantitative estimate of drug-likeness (QED) is 0.233. The molecule has 0 unspecified atom stereocenters. The van der Waals surface area contributed by atoms with Crippen LogP contribution in [0.25, 0.3) is 0 Å². The van der Waals surface area contributed by atoms with E-state index in [1.54, 1.807) is 36.4 Å². The lowest BCUT2D eigenvalue weighted by Crippen LogP contribution is -2.30. The van der Waals surface area contributed by atoms with Gasteiger partial charge in [-0.15, -0.1) is 0 Å². The summed E-state index contributed by atoms with van der Waals surface area (Å²) < 4.78 is 74.9. The molecule has 0 atom stereocenters. The Balaban J connectivity index is 1.58. The summed E-state index contributed by atoms with van der Waals surface area (Å²) in [6.07, 6.45) is -3.23. The van der Waals surface area contributed by atoms with E-state index in [0.717, 1.165) is 18.2 Å². The Bertz CT molecular complexity index is 1500. The SMILES string of the molecule is O=C(c1cccc(Cl)c1)N(Cc1cccc(OS(=O)(=O)c2cccc(C(F)(F)F)c2)c1)Cc1ccco1. The van der Waals surface area contributed by atoms with E-state index in [-0.39, 0.29) is 24.7 Å². The molecule has 0 N–H and O–H groups in total. The summed E-state index contributed by atoms with van der Waals surface area (Å²) in [5.41, 5.74) is -0.253. The molecule has 0 saturated carbocycles. The second kappa shape index (κ2) is 10.7. The largest absolute Gasteiger partial charge is 0.467 e. The molecule has 0 aliphatic heterocycles. The summed E-state index contributed by atoms with van der Waals surface area (Å²) in [5, 5.41) is 0.388. The van der Waals surface area contributed by atoms with Crippen LogP contribution in [0.3, 0.4) is 0 Å². The summed E-state index contributed by atoms with van der Waals surface area (Å²) in [5.74, 6) is 0.0554. The molecule has 0 fully saturated rings. The summed E-state index contributed by atoms with van der Waals surface area (Å²) >= 11 is 6.04. The van der Waals surface area contributed by atoms with Gasteiger partial charge in [0, 0.05) is 17.1 Å². The molecule has 1 heterocycles. The second-order valence-electron chi connectivity index (χ2n) is 7.96. The van der Waals surface area contributed by atoms with Crippen LogP contribution in [-0.2, 0) is 29.4 Å². The van der Waals surface area contributed by atoms with Gasteiger partial charge >= 0.3 is 16.3 Å². The maximum atomic E-state index is 13.2. The number of hydrogen-bond acceptors (Lipinski definition) is 5. The van der Waals surface area contributed by atoms with E-state index >= 15 is 0 Å². The number of amides is 1. The molecule has 4 rings (SSSR count). The summed E-state index contributed by atoms with van der Waals surface area (Å²) in [4.78, 5) is 14.1. The average Bonchev–Trinajstić information content (AvgIpc) is 3.36. The molecule has 1 amide bonds. The molecule has 0 aliphatic rings. The number of nitrogens with zero attached hydrogens (tertiary/aromatic N) is 1. The first-order valence-corrected chi connectivity index (χ1v) is 12.6. The Hall–Kier alpha value is -3.76. The predicted octanol–water partition coefficient (Wildman–Crippen LogP) is 6.56. The third-order valence-corrected chi connectivity index (χ3v) is 6.69. The predicted molar refractivity (Wildman–Crippen MR) is 129 cm³/mol. The molecule has 0 radical (unpaired) electrons. The van der Waals surface area contributed by atoms with Gasteiger partial charge in [-0.2, -0.15) is 21.6 Å². The number of hydrogen-bond donors (Lipinski definition) is 0. The average molecular weight is 550 g/mol. The van der Waals surface area contributed by atoms with Gasteiger partial charge in [-0.1, -0.05) is 35.9 Å². The number of halogens is 4. The monoisotopic (exact) mass is 549 g/mol. The molecule has 0 bridgehead atoms. The summed E-state index contributed by atoms with van der Waals surface area (Å²) in [7, 11) is -4.56. The van der Waals surface area contributed by atoms with Gasteiger partial charge in [-0.3, -0.25) is 4.79 Å². The molecule has 0 aliphatic carbocycles. The lowest BCUT2D eigenvalue weighted by atomic mass is 10.1. The van der Waals surface area contributed by atoms with Crippen molar-refractivity contribution in [2.75, 3.05) is 0 Å². The van der Waals surface area contributed by atoms with Crippen LogP contribution in [0, 0.1) is 0 Å². The first-order valence-electron chi connectivity index (χ1n) is 10.8. The van der Waals surface area contributed by atoms with E-state index in [1.165, 1.54) is 35.4 Å². The summed E-state index contributed by atoms with van der Waals surface area (Å²) in [6, 6.07) is 19.0. The number of rotatable bonds is 8. The standard InChI is InChI=1S/C26H19ClF3NO5S/c27-21-8-2-6-19(14-21)25(32)31(17-23-10-4-12-35-23)16-18-5-1-9-22(13-18)36-37(33,34)24-11-3-7-20(15-24)26(28,29)30/h1-15H,16-17H2. The number of carbonyl (C=O) groups is 1. The zero-order valence-corrected chi connectivity index (χ0v) is 20.6. The van der Waals surface area contributed by atoms with Crippen molar-refractivity contribution in [3.63, 3.8) is 0 Å². The highest BCUT2D eigenvalue weighted by atomic mass is 35.5. The van der Waals surface area contributed by atoms with Crippen molar-refractivity contribution in [3.8, 4) is 5.75 Å². The van der Waals surface area contributed by atoms with Gasteiger partial charge in [0.1, 0.15) is 16.4 Å². The van der Waals surface area contributed by atoms with Crippen LogP contribution in [0.15, 0.2) is 101 Å². The van der Waals surface area contributed by atoms with Gasteiger partial charge in [0.2, 0.25) is 0 Å². The fourth-order valence-electron chi connectivity index (χ4n) is 3.51. The number of alkyl halides is 3. The van der Waals surface area contributed by atoms with E-state index in [2.05, 4.69) is 0 Å². The van der Waals surface area contributed by atoms with Crippen LogP contribution in [0.5, 0.6) is 5.75 Å². The molecule has 11 heteroatoms. The molecule has 0 spiro atoms. The van der Waals surface area contributed by atoms with Gasteiger partial charge in [0.05, 0.1) is 18.4 Å². The Morgan fingerprint density at radius 3 is 2.38 bits per heavy atom. The van der Waals surface area contributed by atoms with E-state index in [4.69, 9.17) is 20.2 Å². The van der Waals surface area contributed by atoms with Gasteiger partial charge in [0.15, 0.2) is 0 Å². The van der Waals surface area contributed by atoms with Crippen LogP contribution in [0.2, 0.25) is 5.02 Å². The zero-order chi connectivity index (χ0) is 26.6. The highest BCUT2D eigenvalue weighted by Crippen LogP contribution is 2.31. The molecule has 0 saturated heterocycles. The van der Waals surface area contributed by atoms with Crippen molar-refractivity contribution in [1.29, 1.82) is 0 Å². The number of furan rings is 1. The first kappa shape index (κ1) is 26.3. The Morgan fingerprint density at radius 1 is 0.919 bits per heavy atom. The van der Waals surface area contributed by atoms with Crippen molar-refractivity contribution in [2.45, 2.75) is 24.2 Å². The third kappa shape index (κ3) is 6.72. The topological polar surface area (TPSA) is 76.8 Å². The van der Waals surface area contributed by atoms with Crippen LogP contribution in [0.1, 0.15) is 27.2 Å². The Labute approximate surface area is 216 Å². The first-order chi connectivity index (χ1) is 17.5. The highest BCUT2D eigenvalue weighted by Gasteiger charge is 2.32. The van der Waals surface area contributed by atoms with E-state index < -0.39 is 26.8 Å². The fourth-order valence-corrected chi connectivity index (χ4v) is 4.67. The molecular formula is C26H19ClF3NO5S. The van der Waals surface area contributed by atoms with Gasteiger partial charge in [-0.05, 0) is 66.2 Å². The number of benzene rings is 3. The van der Waals surface area contributed by atoms with Crippen molar-refractivity contribution < 1.29 is 35.0 Å². The minimum absolute atomic E-state index is 0.0485. The van der Waals surface area contributed by atoms with Crippen molar-refractivity contribution in [2.24, 2.45) is 0 Å². The van der Waals surface area contributed by atoms with Crippen LogP contribution < -0.4 is 4.18 Å². The van der Waals surface area contributed by atoms with E-state index in [9.17, 15) is 26.4 Å². The lowest BCUT2D eigenvalue weighted by molar-refractivity contribution is -0.137. The maximum absolute atomic E-state index is 13.2. The third-order valence-electron chi connectivity index (χ3n) is 5.21. The summed E-state index contributed by atoms with van der Waals surface area (Å²) in [6.45, 7) is 0.165. The van der Waals surface area contributed by atoms with Crippen molar-refractivity contribution in [1.82, 2.24) is 4.90 Å². The lowest BCUT2D eigenvalue weighted by Gasteiger charge is -2.22. The van der Waals surface area contributed by atoms with Gasteiger partial charge in [-0.25, -0.2) is 0 Å². The molecule has 4 aromatic rings. The zero-order valence-electron chi connectivity index (χ0n) is 19.0. The molecule has 1 aromatic heterocycles. The van der Waals surface area contributed by atoms with Gasteiger partial charge in [0.25, 0.3) is 5.91 Å². The van der Waals surface area contributed by atoms with E-state index in [0.29, 0.717) is 28.0 Å². The van der Waals surface area contributed by atoms with Gasteiger partial charge < -0.3 is 13.5 Å². The van der Waals surface area contributed by atoms with Crippen LogP contribution >= 0.6 is 11.6 Å². The van der Waals surface area contributed by atoms with Crippen LogP contribution in [-0.4, -0.2) is 19.2 Å². The van der Waals surface area contributed by atoms with Crippen molar-refractivity contribution >= 4 is 27.6 Å². The van der Waals surface area contributed by atoms with E-state index in [1.807, 2.05) is 0 Å². The maximum Gasteiger partial charge on any atom is 0.416 e. The van der Waals surface area contributed by atoms with Crippen molar-refractivity contribution in [3.05, 3.63) is 119 Å². The minimum Gasteiger partial charge on any atom is -0.467 e. The minimum atomic E-state index is -4.71. The molecule has 6 nitrogen and oxygen atoms in total. The highest BCUT2D eigenvalue weighted by molar-refractivity contribution is 7.87. The molecule has 192 valence electrons. The van der Waals surface area contributed by atoms with Crippen LogP contribution in [0.4, 0.5) is 13.2 Å². The Kier molecular flexibility index (Phi) is 7.60. The normalized spacial score (nSPS) is 11.8. The fraction of sp³-hybridized carbons (Fsp3) is 0.115. The molecular weight excluding hydrogens is 531 g/mol. The second-order valence-corrected chi connectivity index (χ2v) is 9.94. The number of carbonyl (C=O) groups excluding carboxylic acids is 1. The Morgan fingerprint density at radius 2 is 1.68 bits per heavy atom. The smallest absolute Gasteiger partial charge is 0.416 e.